The number of benzene rings is 1. The smallest absolute Gasteiger partial charge is 0.187 e. The highest BCUT2D eigenvalue weighted by Gasteiger charge is 2.52. The number of halogens is 1. The van der Waals surface area contributed by atoms with Gasteiger partial charge in [0.15, 0.2) is 9.84 Å². The van der Waals surface area contributed by atoms with E-state index in [2.05, 4.69) is 5.32 Å². The summed E-state index contributed by atoms with van der Waals surface area (Å²) in [5.74, 6) is 0. The van der Waals surface area contributed by atoms with Crippen LogP contribution in [0.2, 0.25) is 5.02 Å². The zero-order valence-corrected chi connectivity index (χ0v) is 10.2. The molecule has 1 aliphatic heterocycles. The van der Waals surface area contributed by atoms with Crippen molar-refractivity contribution in [3.63, 3.8) is 0 Å². The summed E-state index contributed by atoms with van der Waals surface area (Å²) in [7, 11) is -3.18. The fraction of sp³-hybridized carbons (Fsp3) is 0.455. The molecular weight excluding hydrogens is 246 g/mol. The van der Waals surface area contributed by atoms with Gasteiger partial charge in [-0.2, -0.15) is 0 Å². The molecule has 0 saturated heterocycles. The van der Waals surface area contributed by atoms with E-state index >= 15 is 0 Å². The van der Waals surface area contributed by atoms with Crippen molar-refractivity contribution in [1.29, 1.82) is 0 Å². The fourth-order valence-electron chi connectivity index (χ4n) is 2.48. The van der Waals surface area contributed by atoms with Crippen molar-refractivity contribution in [3.05, 3.63) is 23.2 Å². The molecule has 1 aromatic rings. The van der Waals surface area contributed by atoms with Crippen LogP contribution in [0.15, 0.2) is 23.1 Å². The third kappa shape index (κ3) is 1.17. The van der Waals surface area contributed by atoms with Gasteiger partial charge in [0.05, 0.1) is 15.3 Å². The lowest BCUT2D eigenvalue weighted by Crippen LogP contribution is -2.53. The van der Waals surface area contributed by atoms with Crippen LogP contribution in [0.4, 0.5) is 5.69 Å². The minimum absolute atomic E-state index is 0.405. The van der Waals surface area contributed by atoms with Gasteiger partial charge in [0.2, 0.25) is 0 Å². The fourth-order valence-corrected chi connectivity index (χ4v) is 4.87. The minimum atomic E-state index is -3.18. The van der Waals surface area contributed by atoms with Crippen LogP contribution in [0.3, 0.4) is 0 Å². The lowest BCUT2D eigenvalue weighted by atomic mass is 9.84. The molecule has 0 bridgehead atoms. The third-order valence-corrected chi connectivity index (χ3v) is 6.53. The highest BCUT2D eigenvalue weighted by atomic mass is 35.5. The van der Waals surface area contributed by atoms with Crippen LogP contribution in [-0.2, 0) is 9.84 Å². The van der Waals surface area contributed by atoms with Gasteiger partial charge in [-0.15, -0.1) is 0 Å². The van der Waals surface area contributed by atoms with E-state index in [0.717, 1.165) is 19.3 Å². The summed E-state index contributed by atoms with van der Waals surface area (Å²) in [6, 6.07) is 4.93. The molecule has 16 heavy (non-hydrogen) atoms. The first-order chi connectivity index (χ1) is 7.55. The average molecular weight is 258 g/mol. The number of rotatable bonds is 0. The highest BCUT2D eigenvalue weighted by molar-refractivity contribution is 7.93. The molecule has 2 aliphatic rings. The summed E-state index contributed by atoms with van der Waals surface area (Å²) >= 11 is 5.85. The number of hydrogen-bond donors (Lipinski definition) is 1. The van der Waals surface area contributed by atoms with Gasteiger partial charge >= 0.3 is 0 Å². The van der Waals surface area contributed by atoms with Crippen molar-refractivity contribution in [2.45, 2.75) is 28.9 Å². The van der Waals surface area contributed by atoms with Gasteiger partial charge in [-0.3, -0.25) is 0 Å². The minimum Gasteiger partial charge on any atom is -0.382 e. The van der Waals surface area contributed by atoms with Crippen LogP contribution in [0.25, 0.3) is 0 Å². The Kier molecular flexibility index (Phi) is 2.04. The molecule has 1 fully saturated rings. The second kappa shape index (κ2) is 3.14. The van der Waals surface area contributed by atoms with E-state index in [1.807, 2.05) is 0 Å². The summed E-state index contributed by atoms with van der Waals surface area (Å²) in [6.07, 6.45) is 2.54. The predicted molar refractivity (Wildman–Crippen MR) is 63.7 cm³/mol. The molecule has 3 rings (SSSR count). The SMILES string of the molecule is O=S1(=O)c2ccc(Cl)cc2NCC12CCC2. The number of fused-ring (bicyclic) bond motifs is 1. The van der Waals surface area contributed by atoms with Crippen molar-refractivity contribution in [2.75, 3.05) is 11.9 Å². The van der Waals surface area contributed by atoms with Crippen LogP contribution in [0.1, 0.15) is 19.3 Å². The molecule has 0 aromatic heterocycles. The van der Waals surface area contributed by atoms with E-state index in [4.69, 9.17) is 11.6 Å². The van der Waals surface area contributed by atoms with Crippen molar-refractivity contribution < 1.29 is 8.42 Å². The Morgan fingerprint density at radius 1 is 1.31 bits per heavy atom. The van der Waals surface area contributed by atoms with Crippen LogP contribution >= 0.6 is 11.6 Å². The zero-order valence-electron chi connectivity index (χ0n) is 8.66. The first-order valence-corrected chi connectivity index (χ1v) is 7.19. The topological polar surface area (TPSA) is 46.2 Å². The lowest BCUT2D eigenvalue weighted by Gasteiger charge is -2.44. The van der Waals surface area contributed by atoms with E-state index in [1.165, 1.54) is 0 Å². The van der Waals surface area contributed by atoms with E-state index in [1.54, 1.807) is 18.2 Å². The predicted octanol–water partition coefficient (Wildman–Crippen LogP) is 2.46. The number of hydrogen-bond acceptors (Lipinski definition) is 3. The van der Waals surface area contributed by atoms with E-state index in [-0.39, 0.29) is 0 Å². The van der Waals surface area contributed by atoms with Crippen LogP contribution in [0, 0.1) is 0 Å². The molecule has 1 aromatic carbocycles. The summed E-state index contributed by atoms with van der Waals surface area (Å²) in [5.41, 5.74) is 0.644. The number of anilines is 1. The maximum absolute atomic E-state index is 12.4. The molecule has 5 heteroatoms. The van der Waals surface area contributed by atoms with E-state index in [0.29, 0.717) is 22.2 Å². The maximum atomic E-state index is 12.4. The molecular formula is C11H12ClNO2S. The zero-order chi connectivity index (χ0) is 11.4. The molecule has 0 amide bonds. The van der Waals surface area contributed by atoms with E-state index < -0.39 is 14.6 Å². The van der Waals surface area contributed by atoms with Gasteiger partial charge in [0.1, 0.15) is 0 Å². The van der Waals surface area contributed by atoms with Crippen LogP contribution in [0.5, 0.6) is 0 Å². The van der Waals surface area contributed by atoms with Gasteiger partial charge in [0.25, 0.3) is 0 Å². The van der Waals surface area contributed by atoms with Gasteiger partial charge in [-0.1, -0.05) is 18.0 Å². The molecule has 1 saturated carbocycles. The first kappa shape index (κ1) is 10.4. The Balaban J connectivity index is 2.19. The maximum Gasteiger partial charge on any atom is 0.187 e. The summed E-state index contributed by atoms with van der Waals surface area (Å²) in [5, 5.41) is 3.75. The van der Waals surface area contributed by atoms with Crippen molar-refractivity contribution in [1.82, 2.24) is 0 Å². The van der Waals surface area contributed by atoms with Crippen LogP contribution in [-0.4, -0.2) is 19.7 Å². The standard InChI is InChI=1S/C11H12ClNO2S/c12-8-2-3-10-9(6-8)13-7-11(4-1-5-11)16(10,14)15/h2-3,6,13H,1,4-5,7H2. The van der Waals surface area contributed by atoms with Crippen molar-refractivity contribution >= 4 is 27.1 Å². The molecule has 3 nitrogen and oxygen atoms in total. The number of nitrogens with one attached hydrogen (secondary N) is 1. The second-order valence-electron chi connectivity index (χ2n) is 4.53. The Labute approximate surface area is 99.7 Å². The molecule has 1 spiro atoms. The molecule has 86 valence electrons. The highest BCUT2D eigenvalue weighted by Crippen LogP contribution is 2.47. The number of sulfone groups is 1. The van der Waals surface area contributed by atoms with E-state index in [9.17, 15) is 8.42 Å². The quantitative estimate of drug-likeness (QED) is 0.777. The van der Waals surface area contributed by atoms with Gasteiger partial charge in [-0.25, -0.2) is 8.42 Å². The lowest BCUT2D eigenvalue weighted by molar-refractivity contribution is 0.347. The molecule has 0 atom stereocenters. The summed E-state index contributed by atoms with van der Waals surface area (Å²) < 4.78 is 24.3. The van der Waals surface area contributed by atoms with Gasteiger partial charge in [0, 0.05) is 11.6 Å². The molecule has 1 heterocycles. The Hall–Kier alpha value is -0.740. The Morgan fingerprint density at radius 3 is 2.69 bits per heavy atom. The van der Waals surface area contributed by atoms with Gasteiger partial charge in [-0.05, 0) is 31.0 Å². The Bertz CT molecular complexity index is 549. The summed E-state index contributed by atoms with van der Waals surface area (Å²) in [6.45, 7) is 0.517. The van der Waals surface area contributed by atoms with Crippen molar-refractivity contribution in [3.8, 4) is 0 Å². The largest absolute Gasteiger partial charge is 0.382 e. The van der Waals surface area contributed by atoms with Crippen molar-refractivity contribution in [2.24, 2.45) is 0 Å². The van der Waals surface area contributed by atoms with Crippen LogP contribution < -0.4 is 5.32 Å². The normalized spacial score (nSPS) is 24.3. The second-order valence-corrected chi connectivity index (χ2v) is 7.28. The molecule has 1 aliphatic carbocycles. The third-order valence-electron chi connectivity index (χ3n) is 3.67. The molecule has 0 radical (unpaired) electrons. The average Bonchev–Trinajstić information content (AvgIpc) is 2.14. The monoisotopic (exact) mass is 257 g/mol. The molecule has 1 N–H and O–H groups in total. The first-order valence-electron chi connectivity index (χ1n) is 5.33. The summed E-state index contributed by atoms with van der Waals surface area (Å²) in [4.78, 5) is 0.405. The Morgan fingerprint density at radius 2 is 2.06 bits per heavy atom. The van der Waals surface area contributed by atoms with Gasteiger partial charge < -0.3 is 5.32 Å². The molecule has 0 unspecified atom stereocenters.